The van der Waals surface area contributed by atoms with Crippen molar-refractivity contribution in [2.75, 3.05) is 13.2 Å². The standard InChI is InChI=1S/C15H19NO3S/c1-15(8-9-15)12-16-20(18,19)14-7-4-6-13(11-14)5-2-3-10-17/h4,6-7,11,16-17H,3,8-10,12H2,1H3. The molecule has 1 aromatic carbocycles. The molecule has 4 nitrogen and oxygen atoms in total. The van der Waals surface area contributed by atoms with E-state index in [9.17, 15) is 8.42 Å². The molecule has 0 bridgehead atoms. The fourth-order valence-electron chi connectivity index (χ4n) is 1.70. The lowest BCUT2D eigenvalue weighted by atomic mass is 10.2. The zero-order valence-corrected chi connectivity index (χ0v) is 12.3. The van der Waals surface area contributed by atoms with Crippen molar-refractivity contribution in [2.45, 2.75) is 31.1 Å². The normalized spacial score (nSPS) is 16.3. The van der Waals surface area contributed by atoms with Crippen LogP contribution in [-0.2, 0) is 10.0 Å². The zero-order chi connectivity index (χ0) is 14.6. The summed E-state index contributed by atoms with van der Waals surface area (Å²) in [4.78, 5) is 0.234. The number of hydrogen-bond acceptors (Lipinski definition) is 3. The highest BCUT2D eigenvalue weighted by Crippen LogP contribution is 2.44. The second kappa shape index (κ2) is 5.96. The summed E-state index contributed by atoms with van der Waals surface area (Å²) in [7, 11) is -3.47. The first kappa shape index (κ1) is 15.0. The van der Waals surface area contributed by atoms with Gasteiger partial charge in [-0.15, -0.1) is 0 Å². The van der Waals surface area contributed by atoms with E-state index in [1.807, 2.05) is 0 Å². The SMILES string of the molecule is CC1(CNS(=O)(=O)c2cccc(C#CCCO)c2)CC1. The van der Waals surface area contributed by atoms with Gasteiger partial charge >= 0.3 is 0 Å². The summed E-state index contributed by atoms with van der Waals surface area (Å²) in [5.74, 6) is 5.62. The molecule has 0 aromatic heterocycles. The largest absolute Gasteiger partial charge is 0.395 e. The Bertz CT molecular complexity index is 637. The second-order valence-electron chi connectivity index (χ2n) is 5.44. The molecule has 1 aliphatic rings. The van der Waals surface area contributed by atoms with Crippen LogP contribution in [0, 0.1) is 17.3 Å². The molecule has 0 radical (unpaired) electrons. The molecular weight excluding hydrogens is 274 g/mol. The summed E-state index contributed by atoms with van der Waals surface area (Å²) in [6.07, 6.45) is 2.53. The number of hydrogen-bond donors (Lipinski definition) is 2. The van der Waals surface area contributed by atoms with Crippen molar-refractivity contribution in [3.8, 4) is 11.8 Å². The molecule has 0 atom stereocenters. The van der Waals surface area contributed by atoms with Gasteiger partial charge in [-0.3, -0.25) is 0 Å². The maximum absolute atomic E-state index is 12.2. The van der Waals surface area contributed by atoms with Crippen LogP contribution in [0.1, 0.15) is 31.7 Å². The molecule has 1 aliphatic carbocycles. The van der Waals surface area contributed by atoms with Crippen molar-refractivity contribution in [2.24, 2.45) is 5.41 Å². The van der Waals surface area contributed by atoms with Crippen molar-refractivity contribution < 1.29 is 13.5 Å². The highest BCUT2D eigenvalue weighted by Gasteiger charge is 2.38. The van der Waals surface area contributed by atoms with E-state index in [-0.39, 0.29) is 16.9 Å². The van der Waals surface area contributed by atoms with Gasteiger partial charge in [-0.25, -0.2) is 13.1 Å². The molecule has 0 spiro atoms. The van der Waals surface area contributed by atoms with Crippen LogP contribution in [0.2, 0.25) is 0 Å². The minimum atomic E-state index is -3.47. The number of sulfonamides is 1. The highest BCUT2D eigenvalue weighted by atomic mass is 32.2. The second-order valence-corrected chi connectivity index (χ2v) is 7.21. The zero-order valence-electron chi connectivity index (χ0n) is 11.5. The molecule has 0 aliphatic heterocycles. The van der Waals surface area contributed by atoms with E-state index in [4.69, 9.17) is 5.11 Å². The average Bonchev–Trinajstić information content (AvgIpc) is 3.16. The van der Waals surface area contributed by atoms with Gasteiger partial charge in [-0.1, -0.05) is 24.8 Å². The Kier molecular flexibility index (Phi) is 4.48. The van der Waals surface area contributed by atoms with Crippen molar-refractivity contribution in [3.63, 3.8) is 0 Å². The van der Waals surface area contributed by atoms with Gasteiger partial charge in [0.05, 0.1) is 11.5 Å². The van der Waals surface area contributed by atoms with Gasteiger partial charge in [0.25, 0.3) is 0 Å². The lowest BCUT2D eigenvalue weighted by molar-refractivity contribution is 0.305. The van der Waals surface area contributed by atoms with Crippen LogP contribution < -0.4 is 4.72 Å². The monoisotopic (exact) mass is 293 g/mol. The lowest BCUT2D eigenvalue weighted by Gasteiger charge is -2.11. The molecule has 2 rings (SSSR count). The maximum Gasteiger partial charge on any atom is 0.240 e. The number of aliphatic hydroxyl groups excluding tert-OH is 1. The summed E-state index contributed by atoms with van der Waals surface area (Å²) in [6, 6.07) is 6.55. The van der Waals surface area contributed by atoms with Crippen LogP contribution in [-0.4, -0.2) is 26.7 Å². The van der Waals surface area contributed by atoms with E-state index >= 15 is 0 Å². The molecule has 0 amide bonds. The van der Waals surface area contributed by atoms with E-state index in [1.54, 1.807) is 24.3 Å². The summed E-state index contributed by atoms with van der Waals surface area (Å²) in [5.41, 5.74) is 0.768. The van der Waals surface area contributed by atoms with E-state index < -0.39 is 10.0 Å². The molecule has 0 unspecified atom stereocenters. The van der Waals surface area contributed by atoms with Crippen LogP contribution in [0.4, 0.5) is 0 Å². The van der Waals surface area contributed by atoms with Crippen LogP contribution in [0.15, 0.2) is 29.2 Å². The number of aliphatic hydroxyl groups is 1. The van der Waals surface area contributed by atoms with Crippen molar-refractivity contribution >= 4 is 10.0 Å². The maximum atomic E-state index is 12.2. The number of rotatable bonds is 5. The van der Waals surface area contributed by atoms with Gasteiger partial charge in [0, 0.05) is 18.5 Å². The van der Waals surface area contributed by atoms with Gasteiger partial charge in [0.2, 0.25) is 10.0 Å². The van der Waals surface area contributed by atoms with Crippen molar-refractivity contribution in [1.82, 2.24) is 4.72 Å². The van der Waals surface area contributed by atoms with Gasteiger partial charge in [0.15, 0.2) is 0 Å². The molecule has 0 heterocycles. The summed E-state index contributed by atoms with van der Waals surface area (Å²) in [5, 5.41) is 8.67. The predicted molar refractivity (Wildman–Crippen MR) is 77.6 cm³/mol. The summed E-state index contributed by atoms with van der Waals surface area (Å²) < 4.78 is 27.0. The molecule has 1 aromatic rings. The van der Waals surface area contributed by atoms with Crippen molar-refractivity contribution in [1.29, 1.82) is 0 Å². The Balaban J connectivity index is 2.11. The van der Waals surface area contributed by atoms with E-state index in [1.165, 1.54) is 0 Å². The smallest absolute Gasteiger partial charge is 0.240 e. The third-order valence-electron chi connectivity index (χ3n) is 3.41. The molecule has 2 N–H and O–H groups in total. The minimum absolute atomic E-state index is 0.00509. The molecule has 5 heteroatoms. The Labute approximate surface area is 120 Å². The van der Waals surface area contributed by atoms with Gasteiger partial charge in [-0.05, 0) is 36.5 Å². The summed E-state index contributed by atoms with van der Waals surface area (Å²) in [6.45, 7) is 2.56. The third-order valence-corrected chi connectivity index (χ3v) is 4.81. The van der Waals surface area contributed by atoms with Gasteiger partial charge < -0.3 is 5.11 Å². The lowest BCUT2D eigenvalue weighted by Crippen LogP contribution is -2.29. The first-order valence-corrected chi connectivity index (χ1v) is 8.13. The van der Waals surface area contributed by atoms with Crippen LogP contribution in [0.3, 0.4) is 0 Å². The Morgan fingerprint density at radius 3 is 2.80 bits per heavy atom. The van der Waals surface area contributed by atoms with Crippen LogP contribution in [0.25, 0.3) is 0 Å². The van der Waals surface area contributed by atoms with E-state index in [0.717, 1.165) is 12.8 Å². The van der Waals surface area contributed by atoms with E-state index in [0.29, 0.717) is 18.5 Å². The fourth-order valence-corrected chi connectivity index (χ4v) is 2.95. The van der Waals surface area contributed by atoms with E-state index in [2.05, 4.69) is 23.5 Å². The molecule has 1 saturated carbocycles. The van der Waals surface area contributed by atoms with Crippen LogP contribution >= 0.6 is 0 Å². The Morgan fingerprint density at radius 2 is 2.15 bits per heavy atom. The fraction of sp³-hybridized carbons (Fsp3) is 0.467. The number of benzene rings is 1. The molecule has 108 valence electrons. The predicted octanol–water partition coefficient (Wildman–Crippen LogP) is 1.50. The topological polar surface area (TPSA) is 66.4 Å². The van der Waals surface area contributed by atoms with Crippen LogP contribution in [0.5, 0.6) is 0 Å². The average molecular weight is 293 g/mol. The van der Waals surface area contributed by atoms with Crippen molar-refractivity contribution in [3.05, 3.63) is 29.8 Å². The minimum Gasteiger partial charge on any atom is -0.395 e. The Hall–Kier alpha value is -1.35. The van der Waals surface area contributed by atoms with Gasteiger partial charge in [-0.2, -0.15) is 0 Å². The molecule has 0 saturated heterocycles. The molecule has 1 fully saturated rings. The quantitative estimate of drug-likeness (QED) is 0.809. The number of nitrogens with one attached hydrogen (secondary N) is 1. The first-order chi connectivity index (χ1) is 9.45. The Morgan fingerprint density at radius 1 is 1.40 bits per heavy atom. The molecule has 20 heavy (non-hydrogen) atoms. The summed E-state index contributed by atoms with van der Waals surface area (Å²) >= 11 is 0. The highest BCUT2D eigenvalue weighted by molar-refractivity contribution is 7.89. The van der Waals surface area contributed by atoms with Gasteiger partial charge in [0.1, 0.15) is 0 Å². The first-order valence-electron chi connectivity index (χ1n) is 6.65. The molecular formula is C15H19NO3S. The third kappa shape index (κ3) is 4.07.